The van der Waals surface area contributed by atoms with Gasteiger partial charge in [-0.2, -0.15) is 0 Å². The average Bonchev–Trinajstić information content (AvgIpc) is 2.84. The number of likely N-dealkylation sites (tertiary alicyclic amines) is 1. The lowest BCUT2D eigenvalue weighted by atomic mass is 9.93. The molecule has 0 saturated carbocycles. The van der Waals surface area contributed by atoms with E-state index in [0.29, 0.717) is 24.2 Å². The summed E-state index contributed by atoms with van der Waals surface area (Å²) < 4.78 is 5.51. The maximum Gasteiger partial charge on any atom is 0.303 e. The fourth-order valence-electron chi connectivity index (χ4n) is 2.54. The number of carbonyl (C=O) groups is 1. The van der Waals surface area contributed by atoms with Crippen molar-refractivity contribution < 1.29 is 14.3 Å². The van der Waals surface area contributed by atoms with Gasteiger partial charge in [0, 0.05) is 19.4 Å². The van der Waals surface area contributed by atoms with Crippen LogP contribution in [-0.4, -0.2) is 39.3 Å². The van der Waals surface area contributed by atoms with E-state index < -0.39 is 5.97 Å². The van der Waals surface area contributed by atoms with Gasteiger partial charge in [-0.05, 0) is 31.7 Å². The van der Waals surface area contributed by atoms with E-state index in [2.05, 4.69) is 15.1 Å². The van der Waals surface area contributed by atoms with Gasteiger partial charge in [0.15, 0.2) is 0 Å². The van der Waals surface area contributed by atoms with Crippen LogP contribution in [0.4, 0.5) is 0 Å². The van der Waals surface area contributed by atoms with Crippen molar-refractivity contribution in [1.82, 2.24) is 15.1 Å². The monoisotopic (exact) mass is 267 g/mol. The van der Waals surface area contributed by atoms with Crippen molar-refractivity contribution in [3.05, 3.63) is 11.8 Å². The molecule has 1 fully saturated rings. The second kappa shape index (κ2) is 6.65. The van der Waals surface area contributed by atoms with E-state index in [0.717, 1.165) is 38.8 Å². The van der Waals surface area contributed by atoms with Crippen molar-refractivity contribution >= 4 is 5.97 Å². The van der Waals surface area contributed by atoms with E-state index in [1.807, 2.05) is 6.92 Å². The van der Waals surface area contributed by atoms with E-state index >= 15 is 0 Å². The van der Waals surface area contributed by atoms with Crippen molar-refractivity contribution in [2.45, 2.75) is 45.6 Å². The van der Waals surface area contributed by atoms with E-state index in [-0.39, 0.29) is 6.42 Å². The predicted molar refractivity (Wildman–Crippen MR) is 68.5 cm³/mol. The molecule has 1 aliphatic heterocycles. The Labute approximate surface area is 112 Å². The van der Waals surface area contributed by atoms with Crippen LogP contribution in [-0.2, 0) is 17.8 Å². The number of carboxylic acids is 1. The summed E-state index contributed by atoms with van der Waals surface area (Å²) in [6.07, 6.45) is 4.01. The zero-order valence-electron chi connectivity index (χ0n) is 11.3. The Balaban J connectivity index is 1.81. The van der Waals surface area contributed by atoms with Gasteiger partial charge >= 0.3 is 5.97 Å². The first kappa shape index (κ1) is 14.0. The molecule has 1 aromatic heterocycles. The van der Waals surface area contributed by atoms with Gasteiger partial charge in [-0.3, -0.25) is 9.69 Å². The Bertz CT molecular complexity index is 419. The first-order chi connectivity index (χ1) is 9.17. The van der Waals surface area contributed by atoms with Crippen molar-refractivity contribution in [3.8, 4) is 0 Å². The molecule has 1 saturated heterocycles. The third-order valence-corrected chi connectivity index (χ3v) is 3.54. The minimum absolute atomic E-state index is 0.263. The number of nitrogens with zero attached hydrogens (tertiary/aromatic N) is 3. The van der Waals surface area contributed by atoms with Crippen molar-refractivity contribution in [2.24, 2.45) is 5.92 Å². The molecule has 1 aliphatic rings. The summed E-state index contributed by atoms with van der Waals surface area (Å²) in [6.45, 7) is 4.61. The fraction of sp³-hybridized carbons (Fsp3) is 0.769. The smallest absolute Gasteiger partial charge is 0.303 e. The number of rotatable bonds is 6. The van der Waals surface area contributed by atoms with Gasteiger partial charge in [-0.15, -0.1) is 10.2 Å². The van der Waals surface area contributed by atoms with E-state index in [1.165, 1.54) is 0 Å². The van der Waals surface area contributed by atoms with Gasteiger partial charge in [0.05, 0.1) is 6.54 Å². The lowest BCUT2D eigenvalue weighted by Crippen LogP contribution is -2.35. The van der Waals surface area contributed by atoms with Gasteiger partial charge < -0.3 is 9.52 Å². The molecule has 19 heavy (non-hydrogen) atoms. The Hall–Kier alpha value is -1.43. The van der Waals surface area contributed by atoms with Crippen LogP contribution in [0.1, 0.15) is 44.4 Å². The molecule has 106 valence electrons. The number of aryl methyl sites for hydroxylation is 1. The third kappa shape index (κ3) is 4.31. The summed E-state index contributed by atoms with van der Waals surface area (Å²) in [4.78, 5) is 12.9. The number of piperidine rings is 1. The molecule has 0 aliphatic carbocycles. The summed E-state index contributed by atoms with van der Waals surface area (Å²) >= 11 is 0. The molecule has 1 atom stereocenters. The van der Waals surface area contributed by atoms with Crippen LogP contribution in [0.2, 0.25) is 0 Å². The fourth-order valence-corrected chi connectivity index (χ4v) is 2.54. The van der Waals surface area contributed by atoms with Crippen molar-refractivity contribution in [2.75, 3.05) is 13.1 Å². The molecule has 2 heterocycles. The normalized spacial score (nSPS) is 20.6. The van der Waals surface area contributed by atoms with Crippen LogP contribution in [0.15, 0.2) is 4.42 Å². The summed E-state index contributed by atoms with van der Waals surface area (Å²) in [5.74, 6) is 1.10. The summed E-state index contributed by atoms with van der Waals surface area (Å²) in [6, 6.07) is 0. The first-order valence-corrected chi connectivity index (χ1v) is 6.92. The largest absolute Gasteiger partial charge is 0.481 e. The lowest BCUT2D eigenvalue weighted by Gasteiger charge is -2.31. The minimum atomic E-state index is -0.707. The zero-order chi connectivity index (χ0) is 13.7. The van der Waals surface area contributed by atoms with Crippen LogP contribution < -0.4 is 0 Å². The standard InChI is InChI=1S/C13H21N3O3/c1-2-11-14-15-12(19-11)9-16-7-3-4-10(8-16)5-6-13(17)18/h10H,2-9H2,1H3,(H,17,18). The molecular weight excluding hydrogens is 246 g/mol. The summed E-state index contributed by atoms with van der Waals surface area (Å²) in [7, 11) is 0. The van der Waals surface area contributed by atoms with Gasteiger partial charge in [0.25, 0.3) is 0 Å². The molecule has 6 heteroatoms. The Kier molecular flexibility index (Phi) is 4.90. The van der Waals surface area contributed by atoms with Crippen LogP contribution >= 0.6 is 0 Å². The van der Waals surface area contributed by atoms with Crippen LogP contribution in [0.5, 0.6) is 0 Å². The molecule has 0 aromatic carbocycles. The Morgan fingerprint density at radius 3 is 2.95 bits per heavy atom. The Morgan fingerprint density at radius 2 is 2.26 bits per heavy atom. The molecule has 0 amide bonds. The van der Waals surface area contributed by atoms with Gasteiger partial charge in [0.1, 0.15) is 0 Å². The SMILES string of the molecule is CCc1nnc(CN2CCCC(CCC(=O)O)C2)o1. The molecule has 1 unspecified atom stereocenters. The molecule has 2 rings (SSSR count). The molecule has 0 bridgehead atoms. The molecule has 1 aromatic rings. The van der Waals surface area contributed by atoms with E-state index in [4.69, 9.17) is 9.52 Å². The highest BCUT2D eigenvalue weighted by Gasteiger charge is 2.22. The van der Waals surface area contributed by atoms with Gasteiger partial charge in [0.2, 0.25) is 11.8 Å². The van der Waals surface area contributed by atoms with Crippen LogP contribution in [0, 0.1) is 5.92 Å². The topological polar surface area (TPSA) is 79.5 Å². The highest BCUT2D eigenvalue weighted by molar-refractivity contribution is 5.66. The number of carboxylic acid groups (broad SMARTS) is 1. The van der Waals surface area contributed by atoms with Gasteiger partial charge in [-0.1, -0.05) is 6.92 Å². The van der Waals surface area contributed by atoms with Crippen LogP contribution in [0.25, 0.3) is 0 Å². The van der Waals surface area contributed by atoms with Crippen molar-refractivity contribution in [3.63, 3.8) is 0 Å². The highest BCUT2D eigenvalue weighted by Crippen LogP contribution is 2.22. The first-order valence-electron chi connectivity index (χ1n) is 6.92. The summed E-state index contributed by atoms with van der Waals surface area (Å²) in [5, 5.41) is 16.7. The molecule has 1 N–H and O–H groups in total. The second-order valence-corrected chi connectivity index (χ2v) is 5.12. The highest BCUT2D eigenvalue weighted by atomic mass is 16.4. The Morgan fingerprint density at radius 1 is 1.47 bits per heavy atom. The average molecular weight is 267 g/mol. The number of aromatic nitrogens is 2. The maximum absolute atomic E-state index is 10.6. The molecule has 0 spiro atoms. The molecular formula is C13H21N3O3. The van der Waals surface area contributed by atoms with Crippen LogP contribution in [0.3, 0.4) is 0 Å². The van der Waals surface area contributed by atoms with Crippen molar-refractivity contribution in [1.29, 1.82) is 0 Å². The number of hydrogen-bond acceptors (Lipinski definition) is 5. The van der Waals surface area contributed by atoms with E-state index in [1.54, 1.807) is 0 Å². The quantitative estimate of drug-likeness (QED) is 0.845. The minimum Gasteiger partial charge on any atom is -0.481 e. The lowest BCUT2D eigenvalue weighted by molar-refractivity contribution is -0.137. The van der Waals surface area contributed by atoms with E-state index in [9.17, 15) is 4.79 Å². The maximum atomic E-state index is 10.6. The molecule has 6 nitrogen and oxygen atoms in total. The zero-order valence-corrected chi connectivity index (χ0v) is 11.3. The van der Waals surface area contributed by atoms with Gasteiger partial charge in [-0.25, -0.2) is 0 Å². The number of aliphatic carboxylic acids is 1. The summed E-state index contributed by atoms with van der Waals surface area (Å²) in [5.41, 5.74) is 0. The predicted octanol–water partition coefficient (Wildman–Crippen LogP) is 1.71. The third-order valence-electron chi connectivity index (χ3n) is 3.54. The second-order valence-electron chi connectivity index (χ2n) is 5.12. The number of hydrogen-bond donors (Lipinski definition) is 1. The molecule has 0 radical (unpaired) electrons.